The molecule has 1 aliphatic rings. The van der Waals surface area contributed by atoms with Gasteiger partial charge in [0.05, 0.1) is 21.9 Å². The van der Waals surface area contributed by atoms with E-state index in [1.54, 1.807) is 37.3 Å². The highest BCUT2D eigenvalue weighted by molar-refractivity contribution is 7.91. The maximum absolute atomic E-state index is 13.0. The number of rotatable bonds is 8. The van der Waals surface area contributed by atoms with Crippen LogP contribution in [0.2, 0.25) is 0 Å². The van der Waals surface area contributed by atoms with E-state index in [9.17, 15) is 31.5 Å². The number of nitrogens with zero attached hydrogens (tertiary/aromatic N) is 1. The molecule has 6 nitrogen and oxygen atoms in total. The van der Waals surface area contributed by atoms with Crippen LogP contribution in [0.25, 0.3) is 10.9 Å². The van der Waals surface area contributed by atoms with E-state index in [-0.39, 0.29) is 29.1 Å². The van der Waals surface area contributed by atoms with Crippen molar-refractivity contribution in [2.75, 3.05) is 5.75 Å². The lowest BCUT2D eigenvalue weighted by atomic mass is 10.0. The highest BCUT2D eigenvalue weighted by atomic mass is 32.2. The van der Waals surface area contributed by atoms with Gasteiger partial charge in [0.15, 0.2) is 9.84 Å². The number of aliphatic hydroxyl groups excluding tert-OH is 1. The summed E-state index contributed by atoms with van der Waals surface area (Å²) in [4.78, 5) is 13.1. The zero-order chi connectivity index (χ0) is 27.9. The van der Waals surface area contributed by atoms with Crippen LogP contribution >= 0.6 is 0 Å². The third-order valence-corrected chi connectivity index (χ3v) is 8.74. The van der Waals surface area contributed by atoms with Crippen LogP contribution in [-0.2, 0) is 22.6 Å². The second kappa shape index (κ2) is 10.2. The summed E-state index contributed by atoms with van der Waals surface area (Å²) >= 11 is 0. The van der Waals surface area contributed by atoms with Gasteiger partial charge in [-0.25, -0.2) is 8.42 Å². The summed E-state index contributed by atoms with van der Waals surface area (Å²) in [6.07, 6.45) is -3.73. The van der Waals surface area contributed by atoms with Gasteiger partial charge in [-0.3, -0.25) is 4.79 Å². The molecule has 0 saturated heterocycles. The molecule has 0 spiro atoms. The lowest BCUT2D eigenvalue weighted by Gasteiger charge is -2.16. The number of carbonyl (C=O) groups is 1. The molecule has 1 heterocycles. The quantitative estimate of drug-likeness (QED) is 0.287. The van der Waals surface area contributed by atoms with Crippen LogP contribution in [0.3, 0.4) is 0 Å². The third kappa shape index (κ3) is 5.58. The van der Waals surface area contributed by atoms with Crippen molar-refractivity contribution in [1.82, 2.24) is 9.88 Å². The summed E-state index contributed by atoms with van der Waals surface area (Å²) in [5.74, 6) is -0.303. The predicted octanol–water partition coefficient (Wildman–Crippen LogP) is 5.80. The molecule has 1 aliphatic carbocycles. The molecule has 4 aromatic rings. The minimum Gasteiger partial charge on any atom is -0.382 e. The lowest BCUT2D eigenvalue weighted by Crippen LogP contribution is -2.22. The highest BCUT2D eigenvalue weighted by Gasteiger charge is 2.32. The van der Waals surface area contributed by atoms with Gasteiger partial charge in [0.2, 0.25) is 0 Å². The van der Waals surface area contributed by atoms with Gasteiger partial charge in [0.25, 0.3) is 5.91 Å². The zero-order valence-electron chi connectivity index (χ0n) is 21.1. The average Bonchev–Trinajstić information content (AvgIpc) is 3.70. The SMILES string of the molecule is CCS(=O)(=O)c1ccc(CNC(=O)c2ccc3c(c2)cc(C(O)c2ccc(C(F)(F)F)cc2)n3C2CC2)cc1. The Morgan fingerprint density at radius 1 is 1.03 bits per heavy atom. The molecule has 1 fully saturated rings. The molecule has 0 radical (unpaired) electrons. The monoisotopic (exact) mass is 556 g/mol. The minimum atomic E-state index is -4.46. The topological polar surface area (TPSA) is 88.4 Å². The van der Waals surface area contributed by atoms with E-state index in [4.69, 9.17) is 0 Å². The smallest absolute Gasteiger partial charge is 0.382 e. The van der Waals surface area contributed by atoms with Crippen LogP contribution in [-0.4, -0.2) is 29.8 Å². The number of benzene rings is 3. The molecule has 1 atom stereocenters. The predicted molar refractivity (Wildman–Crippen MR) is 141 cm³/mol. The Balaban J connectivity index is 1.36. The molecule has 0 aliphatic heterocycles. The van der Waals surface area contributed by atoms with Crippen molar-refractivity contribution in [3.05, 3.63) is 101 Å². The Morgan fingerprint density at radius 3 is 2.28 bits per heavy atom. The molecule has 5 rings (SSSR count). The maximum atomic E-state index is 13.0. The van der Waals surface area contributed by atoms with E-state index in [1.807, 2.05) is 10.6 Å². The number of nitrogens with one attached hydrogen (secondary N) is 1. The number of sulfone groups is 1. The van der Waals surface area contributed by atoms with E-state index >= 15 is 0 Å². The fourth-order valence-corrected chi connectivity index (χ4v) is 5.52. The average molecular weight is 557 g/mol. The van der Waals surface area contributed by atoms with Gasteiger partial charge in [-0.1, -0.05) is 31.2 Å². The number of halogens is 3. The van der Waals surface area contributed by atoms with Crippen molar-refractivity contribution >= 4 is 26.6 Å². The molecule has 3 aromatic carbocycles. The van der Waals surface area contributed by atoms with Gasteiger partial charge >= 0.3 is 6.18 Å². The normalized spacial score (nSPS) is 14.9. The van der Waals surface area contributed by atoms with Crippen LogP contribution < -0.4 is 5.32 Å². The first-order valence-electron chi connectivity index (χ1n) is 12.6. The summed E-state index contributed by atoms with van der Waals surface area (Å²) in [6.45, 7) is 1.79. The van der Waals surface area contributed by atoms with Gasteiger partial charge in [0.1, 0.15) is 6.10 Å². The van der Waals surface area contributed by atoms with Crippen LogP contribution in [0.15, 0.2) is 77.7 Å². The molecular weight excluding hydrogens is 529 g/mol. The summed E-state index contributed by atoms with van der Waals surface area (Å²) in [7, 11) is -3.30. The van der Waals surface area contributed by atoms with Gasteiger partial charge < -0.3 is 15.0 Å². The first-order chi connectivity index (χ1) is 18.5. The van der Waals surface area contributed by atoms with Gasteiger partial charge in [-0.05, 0) is 72.5 Å². The second-order valence-corrected chi connectivity index (χ2v) is 12.0. The first kappa shape index (κ1) is 27.0. The molecule has 1 amide bonds. The van der Waals surface area contributed by atoms with Crippen LogP contribution in [0.1, 0.15) is 64.7 Å². The van der Waals surface area contributed by atoms with E-state index in [0.29, 0.717) is 16.8 Å². The molecule has 204 valence electrons. The lowest BCUT2D eigenvalue weighted by molar-refractivity contribution is -0.137. The van der Waals surface area contributed by atoms with Crippen molar-refractivity contribution in [3.63, 3.8) is 0 Å². The molecule has 10 heteroatoms. The number of amides is 1. The second-order valence-electron chi connectivity index (χ2n) is 9.70. The van der Waals surface area contributed by atoms with Crippen molar-refractivity contribution in [2.24, 2.45) is 0 Å². The van der Waals surface area contributed by atoms with Crippen LogP contribution in [0.5, 0.6) is 0 Å². The third-order valence-electron chi connectivity index (χ3n) is 6.99. The highest BCUT2D eigenvalue weighted by Crippen LogP contribution is 2.42. The maximum Gasteiger partial charge on any atom is 0.416 e. The zero-order valence-corrected chi connectivity index (χ0v) is 21.9. The largest absolute Gasteiger partial charge is 0.416 e. The standard InChI is InChI=1S/C29H27F3N2O4S/c1-2-39(37,38)24-12-3-18(4-13-24)17-33-28(36)20-7-14-25-21(15-20)16-26(34(25)23-10-11-23)27(35)19-5-8-22(9-6-19)29(30,31)32/h3-9,12-16,23,27,35H,2,10-11,17H2,1H3,(H,33,36). The summed E-state index contributed by atoms with van der Waals surface area (Å²) in [5.41, 5.74) is 2.13. The number of alkyl halides is 3. The fraction of sp³-hybridized carbons (Fsp3) is 0.276. The fourth-order valence-electron chi connectivity index (χ4n) is 4.64. The number of fused-ring (bicyclic) bond motifs is 1. The molecule has 1 aromatic heterocycles. The summed E-state index contributed by atoms with van der Waals surface area (Å²) in [6, 6.07) is 18.1. The minimum absolute atomic E-state index is 0.0110. The van der Waals surface area contributed by atoms with Gasteiger partial charge in [-0.2, -0.15) is 13.2 Å². The Kier molecular flexibility index (Phi) is 7.02. The number of aromatic nitrogens is 1. The van der Waals surface area contributed by atoms with Gasteiger partial charge in [0, 0.05) is 29.1 Å². The number of hydrogen-bond acceptors (Lipinski definition) is 4. The number of carbonyl (C=O) groups excluding carboxylic acids is 1. The summed E-state index contributed by atoms with van der Waals surface area (Å²) in [5, 5.41) is 14.7. The van der Waals surface area contributed by atoms with Crippen LogP contribution in [0.4, 0.5) is 13.2 Å². The summed E-state index contributed by atoms with van der Waals surface area (Å²) < 4.78 is 64.9. The first-order valence-corrected chi connectivity index (χ1v) is 14.2. The molecule has 1 saturated carbocycles. The molecule has 2 N–H and O–H groups in total. The van der Waals surface area contributed by atoms with Crippen molar-refractivity contribution < 1.29 is 31.5 Å². The molecular formula is C29H27F3N2O4S. The van der Waals surface area contributed by atoms with E-state index in [2.05, 4.69) is 5.32 Å². The molecule has 39 heavy (non-hydrogen) atoms. The number of hydrogen-bond donors (Lipinski definition) is 2. The van der Waals surface area contributed by atoms with E-state index in [1.165, 1.54) is 24.3 Å². The van der Waals surface area contributed by atoms with E-state index in [0.717, 1.165) is 41.4 Å². The molecule has 0 bridgehead atoms. The van der Waals surface area contributed by atoms with E-state index < -0.39 is 27.7 Å². The van der Waals surface area contributed by atoms with Crippen molar-refractivity contribution in [3.8, 4) is 0 Å². The van der Waals surface area contributed by atoms with Crippen LogP contribution in [0, 0.1) is 0 Å². The Morgan fingerprint density at radius 2 is 1.69 bits per heavy atom. The Bertz CT molecular complexity index is 1620. The van der Waals surface area contributed by atoms with Crippen molar-refractivity contribution in [2.45, 2.75) is 49.5 Å². The molecule has 1 unspecified atom stereocenters. The van der Waals surface area contributed by atoms with Gasteiger partial charge in [-0.15, -0.1) is 0 Å². The Labute approximate surface area is 224 Å². The Hall–Kier alpha value is -3.63. The number of aliphatic hydroxyl groups is 1. The van der Waals surface area contributed by atoms with Crippen molar-refractivity contribution in [1.29, 1.82) is 0 Å².